The Kier molecular flexibility index (Phi) is 7.65. The molecule has 0 radical (unpaired) electrons. The van der Waals surface area contributed by atoms with Crippen molar-refractivity contribution in [3.05, 3.63) is 64.7 Å². The minimum Gasteiger partial charge on any atom is -0.360 e. The third-order valence-electron chi connectivity index (χ3n) is 5.26. The van der Waals surface area contributed by atoms with Crippen LogP contribution in [-0.4, -0.2) is 50.5 Å². The molecule has 2 N–H and O–H groups in total. The second-order valence-electron chi connectivity index (χ2n) is 7.90. The van der Waals surface area contributed by atoms with Gasteiger partial charge < -0.3 is 15.4 Å². The zero-order valence-corrected chi connectivity index (χ0v) is 19.4. The average molecular weight is 460 g/mol. The van der Waals surface area contributed by atoms with E-state index in [4.69, 9.17) is 4.74 Å². The first-order chi connectivity index (χ1) is 15.2. The Balaban J connectivity index is 1.66. The summed E-state index contributed by atoms with van der Waals surface area (Å²) in [6.07, 6.45) is -0.342. The molecule has 32 heavy (non-hydrogen) atoms. The summed E-state index contributed by atoms with van der Waals surface area (Å²) in [5.74, 6) is -1.63. The molecule has 3 rings (SSSR count). The van der Waals surface area contributed by atoms with Crippen LogP contribution in [-0.2, 0) is 30.9 Å². The van der Waals surface area contributed by atoms with Gasteiger partial charge in [-0.1, -0.05) is 48.0 Å². The molecule has 2 aromatic rings. The van der Waals surface area contributed by atoms with Gasteiger partial charge in [0.05, 0.1) is 18.0 Å². The van der Waals surface area contributed by atoms with E-state index in [1.165, 1.54) is 4.31 Å². The summed E-state index contributed by atoms with van der Waals surface area (Å²) in [4.78, 5) is 24.6. The summed E-state index contributed by atoms with van der Waals surface area (Å²) in [7, 11) is -3.85. The summed E-state index contributed by atoms with van der Waals surface area (Å²) in [5.41, 5.74) is 3.18. The normalized spacial score (nSPS) is 17.0. The highest BCUT2D eigenvalue weighted by Crippen LogP contribution is 2.28. The zero-order valence-electron chi connectivity index (χ0n) is 18.6. The van der Waals surface area contributed by atoms with Crippen LogP contribution in [0.5, 0.6) is 0 Å². The maximum atomic E-state index is 13.4. The summed E-state index contributed by atoms with van der Waals surface area (Å²) in [5, 5.41) is 5.05. The number of nitrogens with one attached hydrogen (secondary N) is 2. The van der Waals surface area contributed by atoms with Gasteiger partial charge in [0, 0.05) is 13.1 Å². The van der Waals surface area contributed by atoms with Crippen molar-refractivity contribution in [3.63, 3.8) is 0 Å². The molecule has 8 nitrogen and oxygen atoms in total. The lowest BCUT2D eigenvalue weighted by Gasteiger charge is -2.35. The topological polar surface area (TPSA) is 105 Å². The molecule has 1 atom stereocenters. The number of nitrogens with zero attached hydrogens (tertiary/aromatic N) is 1. The highest BCUT2D eigenvalue weighted by Gasteiger charge is 2.36. The van der Waals surface area contributed by atoms with Crippen LogP contribution in [0.2, 0.25) is 0 Å². The molecule has 1 fully saturated rings. The van der Waals surface area contributed by atoms with Gasteiger partial charge in [0.25, 0.3) is 0 Å². The Bertz CT molecular complexity index is 1060. The number of aryl methyl sites for hydroxylation is 3. The van der Waals surface area contributed by atoms with Gasteiger partial charge in [-0.3, -0.25) is 9.59 Å². The van der Waals surface area contributed by atoms with Gasteiger partial charge in [0.1, 0.15) is 6.23 Å². The average Bonchev–Trinajstić information content (AvgIpc) is 2.75. The van der Waals surface area contributed by atoms with Crippen LogP contribution >= 0.6 is 0 Å². The van der Waals surface area contributed by atoms with Crippen LogP contribution in [0, 0.1) is 20.8 Å². The van der Waals surface area contributed by atoms with Gasteiger partial charge in [0.15, 0.2) is 0 Å². The van der Waals surface area contributed by atoms with Gasteiger partial charge in [-0.15, -0.1) is 0 Å². The number of rotatable bonds is 6. The highest BCUT2D eigenvalue weighted by atomic mass is 32.2. The molecule has 1 saturated heterocycles. The van der Waals surface area contributed by atoms with Crippen molar-refractivity contribution < 1.29 is 22.7 Å². The Morgan fingerprint density at radius 1 is 1.03 bits per heavy atom. The lowest BCUT2D eigenvalue weighted by atomic mass is 10.1. The first-order valence-electron chi connectivity index (χ1n) is 10.5. The monoisotopic (exact) mass is 459 g/mol. The fourth-order valence-electron chi connectivity index (χ4n) is 3.91. The van der Waals surface area contributed by atoms with E-state index in [-0.39, 0.29) is 24.5 Å². The lowest BCUT2D eigenvalue weighted by molar-refractivity contribution is -0.140. The van der Waals surface area contributed by atoms with E-state index in [9.17, 15) is 18.0 Å². The summed E-state index contributed by atoms with van der Waals surface area (Å²) in [6.45, 7) is 6.20. The van der Waals surface area contributed by atoms with Crippen molar-refractivity contribution in [3.8, 4) is 0 Å². The number of sulfonamides is 1. The molecule has 9 heteroatoms. The van der Waals surface area contributed by atoms with Crippen molar-refractivity contribution in [2.45, 2.75) is 44.9 Å². The van der Waals surface area contributed by atoms with Crippen molar-refractivity contribution in [2.24, 2.45) is 0 Å². The summed E-state index contributed by atoms with van der Waals surface area (Å²) in [6, 6.07) is 12.9. The molecular formula is C23H29N3O5S. The van der Waals surface area contributed by atoms with E-state index in [0.717, 1.165) is 11.1 Å². The maximum absolute atomic E-state index is 13.4. The van der Waals surface area contributed by atoms with Gasteiger partial charge in [-0.05, 0) is 43.9 Å². The minimum absolute atomic E-state index is 0.124. The van der Waals surface area contributed by atoms with E-state index < -0.39 is 28.1 Å². The molecule has 0 spiro atoms. The van der Waals surface area contributed by atoms with Gasteiger partial charge in [0.2, 0.25) is 10.0 Å². The van der Waals surface area contributed by atoms with Crippen molar-refractivity contribution in [2.75, 3.05) is 19.7 Å². The van der Waals surface area contributed by atoms with E-state index in [2.05, 4.69) is 10.6 Å². The predicted octanol–water partition coefficient (Wildman–Crippen LogP) is 1.78. The first kappa shape index (κ1) is 23.9. The fraction of sp³-hybridized carbons (Fsp3) is 0.391. The molecular weight excluding hydrogens is 430 g/mol. The highest BCUT2D eigenvalue weighted by molar-refractivity contribution is 7.89. The van der Waals surface area contributed by atoms with E-state index in [1.54, 1.807) is 13.8 Å². The molecule has 1 aliphatic rings. The number of amides is 2. The Morgan fingerprint density at radius 2 is 1.66 bits per heavy atom. The van der Waals surface area contributed by atoms with Gasteiger partial charge >= 0.3 is 11.8 Å². The predicted molar refractivity (Wildman–Crippen MR) is 120 cm³/mol. The third-order valence-corrected chi connectivity index (χ3v) is 7.46. The van der Waals surface area contributed by atoms with Crippen LogP contribution in [0.1, 0.15) is 28.7 Å². The largest absolute Gasteiger partial charge is 0.360 e. The fourth-order valence-corrected chi connectivity index (χ4v) is 5.89. The number of hydrogen-bond donors (Lipinski definition) is 2. The summed E-state index contributed by atoms with van der Waals surface area (Å²) < 4.78 is 33.8. The quantitative estimate of drug-likeness (QED) is 0.641. The Morgan fingerprint density at radius 3 is 2.31 bits per heavy atom. The lowest BCUT2D eigenvalue weighted by Crippen LogP contribution is -2.53. The van der Waals surface area contributed by atoms with E-state index in [0.29, 0.717) is 24.2 Å². The van der Waals surface area contributed by atoms with E-state index >= 15 is 0 Å². The number of ether oxygens (including phenoxy) is 1. The molecule has 1 aliphatic heterocycles. The van der Waals surface area contributed by atoms with Gasteiger partial charge in [-0.2, -0.15) is 4.31 Å². The van der Waals surface area contributed by atoms with Crippen molar-refractivity contribution in [1.29, 1.82) is 0 Å². The molecule has 0 aromatic heterocycles. The molecule has 0 unspecified atom stereocenters. The second-order valence-corrected chi connectivity index (χ2v) is 9.73. The van der Waals surface area contributed by atoms with Gasteiger partial charge in [-0.25, -0.2) is 8.42 Å². The molecule has 0 saturated carbocycles. The SMILES string of the molecule is Cc1cc(C)c(S(=O)(=O)N2CCCO[C@@H]2CNC(=O)C(=O)NCc2ccccc2)c(C)c1. The molecule has 2 amide bonds. The van der Waals surface area contributed by atoms with Crippen LogP contribution in [0.3, 0.4) is 0 Å². The van der Waals surface area contributed by atoms with Crippen molar-refractivity contribution in [1.82, 2.24) is 14.9 Å². The van der Waals surface area contributed by atoms with Crippen LogP contribution in [0.15, 0.2) is 47.4 Å². The number of hydrogen-bond acceptors (Lipinski definition) is 5. The van der Waals surface area contributed by atoms with Crippen LogP contribution < -0.4 is 10.6 Å². The van der Waals surface area contributed by atoms with Crippen LogP contribution in [0.4, 0.5) is 0 Å². The third kappa shape index (κ3) is 5.53. The van der Waals surface area contributed by atoms with E-state index in [1.807, 2.05) is 49.4 Å². The molecule has 0 bridgehead atoms. The maximum Gasteiger partial charge on any atom is 0.309 e. The molecule has 172 valence electrons. The smallest absolute Gasteiger partial charge is 0.309 e. The second kappa shape index (κ2) is 10.2. The van der Waals surface area contributed by atoms with Crippen LogP contribution in [0.25, 0.3) is 0 Å². The molecule has 2 aromatic carbocycles. The minimum atomic E-state index is -3.85. The zero-order chi connectivity index (χ0) is 23.3. The Labute approximate surface area is 189 Å². The first-order valence-corrected chi connectivity index (χ1v) is 12.0. The number of carbonyl (C=O) groups excluding carboxylic acids is 2. The molecule has 1 heterocycles. The number of benzene rings is 2. The van der Waals surface area contributed by atoms with Crippen molar-refractivity contribution >= 4 is 21.8 Å². The molecule has 0 aliphatic carbocycles. The number of carbonyl (C=O) groups is 2. The Hall–Kier alpha value is -2.75. The standard InChI is InChI=1S/C23H29N3O5S/c1-16-12-17(2)21(18(3)13-16)32(29,30)26-10-7-11-31-20(26)15-25-23(28)22(27)24-14-19-8-5-4-6-9-19/h4-6,8-9,12-13,20H,7,10-11,14-15H2,1-3H3,(H,24,27)(H,25,28)/t20-/m1/s1. The summed E-state index contributed by atoms with van der Waals surface area (Å²) >= 11 is 0.